The summed E-state index contributed by atoms with van der Waals surface area (Å²) in [7, 11) is 0. The molecule has 0 radical (unpaired) electrons. The summed E-state index contributed by atoms with van der Waals surface area (Å²) in [5.74, 6) is -1.15. The van der Waals surface area contributed by atoms with Crippen molar-refractivity contribution in [2.24, 2.45) is 0 Å². The summed E-state index contributed by atoms with van der Waals surface area (Å²) >= 11 is 0. The number of imide groups is 1. The first kappa shape index (κ1) is 14.8. The third kappa shape index (κ3) is 3.68. The fourth-order valence-electron chi connectivity index (χ4n) is 1.92. The summed E-state index contributed by atoms with van der Waals surface area (Å²) in [5, 5.41) is 4.96. The van der Waals surface area contributed by atoms with Gasteiger partial charge in [0.1, 0.15) is 5.82 Å². The molecule has 21 heavy (non-hydrogen) atoms. The first-order valence-electron chi connectivity index (χ1n) is 6.40. The Morgan fingerprint density at radius 1 is 1.43 bits per heavy atom. The van der Waals surface area contributed by atoms with Crippen LogP contribution in [0.4, 0.5) is 20.6 Å². The summed E-state index contributed by atoms with van der Waals surface area (Å²) in [6.07, 6.45) is 0.482. The zero-order valence-electron chi connectivity index (χ0n) is 11.2. The van der Waals surface area contributed by atoms with Crippen LogP contribution in [0.1, 0.15) is 12.8 Å². The third-order valence-corrected chi connectivity index (χ3v) is 3.00. The Hall–Kier alpha value is -2.64. The number of hydrogen-bond donors (Lipinski definition) is 3. The van der Waals surface area contributed by atoms with E-state index in [9.17, 15) is 18.8 Å². The topological polar surface area (TPSA) is 105 Å². The second kappa shape index (κ2) is 6.21. The largest absolute Gasteiger partial charge is 0.396 e. The molecule has 4 N–H and O–H groups in total. The van der Waals surface area contributed by atoms with Gasteiger partial charge in [-0.25, -0.2) is 9.18 Å². The number of nitrogens with one attached hydrogen (secondary N) is 2. The summed E-state index contributed by atoms with van der Waals surface area (Å²) in [5.41, 5.74) is 5.74. The fraction of sp³-hybridized carbons (Fsp3) is 0.308. The molecule has 1 fully saturated rings. The van der Waals surface area contributed by atoms with Crippen LogP contribution >= 0.6 is 0 Å². The molecule has 0 bridgehead atoms. The zero-order valence-corrected chi connectivity index (χ0v) is 11.2. The van der Waals surface area contributed by atoms with Gasteiger partial charge < -0.3 is 16.4 Å². The number of nitrogens with two attached hydrogens (primary N) is 1. The van der Waals surface area contributed by atoms with Gasteiger partial charge in [0.05, 0.1) is 12.2 Å². The molecule has 4 amide bonds. The van der Waals surface area contributed by atoms with E-state index in [-0.39, 0.29) is 37.0 Å². The van der Waals surface area contributed by atoms with E-state index < -0.39 is 11.8 Å². The number of amides is 4. The van der Waals surface area contributed by atoms with Crippen molar-refractivity contribution in [1.29, 1.82) is 0 Å². The molecule has 0 saturated carbocycles. The molecule has 0 atom stereocenters. The molecule has 0 aromatic heterocycles. The first-order chi connectivity index (χ1) is 9.97. The molecule has 112 valence electrons. The lowest BCUT2D eigenvalue weighted by Crippen LogP contribution is -2.32. The van der Waals surface area contributed by atoms with Crippen molar-refractivity contribution in [2.45, 2.75) is 12.8 Å². The van der Waals surface area contributed by atoms with Gasteiger partial charge in [0.25, 0.3) is 0 Å². The smallest absolute Gasteiger partial charge is 0.324 e. The van der Waals surface area contributed by atoms with Crippen LogP contribution in [-0.4, -0.2) is 35.8 Å². The van der Waals surface area contributed by atoms with Gasteiger partial charge in [-0.05, 0) is 24.6 Å². The van der Waals surface area contributed by atoms with E-state index in [0.29, 0.717) is 12.1 Å². The molecular weight excluding hydrogens is 279 g/mol. The lowest BCUT2D eigenvalue weighted by atomic mass is 10.2. The Labute approximate surface area is 120 Å². The van der Waals surface area contributed by atoms with Gasteiger partial charge in [0.2, 0.25) is 11.8 Å². The molecule has 1 aromatic carbocycles. The molecule has 7 nitrogen and oxygen atoms in total. The van der Waals surface area contributed by atoms with Crippen LogP contribution in [0, 0.1) is 5.82 Å². The normalized spacial score (nSPS) is 14.2. The standard InChI is InChI=1S/C13H15FN4O3/c14-9-4-3-8(6-10(9)15)17-11(19)2-1-5-18-12(20)7-16-13(18)21/h3-4,6H,1-2,5,7,15H2,(H,16,21)(H,17,19). The van der Waals surface area contributed by atoms with Gasteiger partial charge in [-0.1, -0.05) is 0 Å². The van der Waals surface area contributed by atoms with Crippen LogP contribution in [0.3, 0.4) is 0 Å². The molecule has 0 spiro atoms. The summed E-state index contributed by atoms with van der Waals surface area (Å²) < 4.78 is 13.0. The van der Waals surface area contributed by atoms with Gasteiger partial charge in [-0.3, -0.25) is 14.5 Å². The van der Waals surface area contributed by atoms with Gasteiger partial charge in [-0.15, -0.1) is 0 Å². The van der Waals surface area contributed by atoms with Crippen molar-refractivity contribution in [3.63, 3.8) is 0 Å². The Balaban J connectivity index is 1.78. The molecule has 2 rings (SSSR count). The SMILES string of the molecule is Nc1cc(NC(=O)CCCN2C(=O)CNC2=O)ccc1F. The minimum absolute atomic E-state index is 0.000113. The lowest BCUT2D eigenvalue weighted by molar-refractivity contribution is -0.125. The molecule has 1 heterocycles. The first-order valence-corrected chi connectivity index (χ1v) is 6.40. The van der Waals surface area contributed by atoms with Crippen LogP contribution in [-0.2, 0) is 9.59 Å². The molecule has 1 aromatic rings. The van der Waals surface area contributed by atoms with E-state index in [1.54, 1.807) is 0 Å². The van der Waals surface area contributed by atoms with Crippen molar-refractivity contribution in [1.82, 2.24) is 10.2 Å². The minimum atomic E-state index is -0.549. The van der Waals surface area contributed by atoms with Gasteiger partial charge in [0, 0.05) is 18.7 Å². The highest BCUT2D eigenvalue weighted by Gasteiger charge is 2.27. The molecule has 0 unspecified atom stereocenters. The molecule has 1 saturated heterocycles. The second-order valence-corrected chi connectivity index (χ2v) is 4.59. The third-order valence-electron chi connectivity index (χ3n) is 3.00. The molecular formula is C13H15FN4O3. The number of anilines is 2. The number of benzene rings is 1. The Morgan fingerprint density at radius 3 is 2.81 bits per heavy atom. The van der Waals surface area contributed by atoms with Gasteiger partial charge >= 0.3 is 6.03 Å². The van der Waals surface area contributed by atoms with Crippen LogP contribution in [0.5, 0.6) is 0 Å². The number of nitrogen functional groups attached to an aromatic ring is 1. The van der Waals surface area contributed by atoms with E-state index in [1.807, 2.05) is 0 Å². The second-order valence-electron chi connectivity index (χ2n) is 4.59. The predicted octanol–water partition coefficient (Wildman–Crippen LogP) is 0.678. The molecule has 0 aliphatic carbocycles. The minimum Gasteiger partial charge on any atom is -0.396 e. The highest BCUT2D eigenvalue weighted by atomic mass is 19.1. The summed E-state index contributed by atoms with van der Waals surface area (Å²) in [4.78, 5) is 35.3. The average molecular weight is 294 g/mol. The quantitative estimate of drug-likeness (QED) is 0.548. The molecule has 1 aliphatic rings. The van der Waals surface area contributed by atoms with E-state index in [0.717, 1.165) is 11.0 Å². The Kier molecular flexibility index (Phi) is 4.36. The predicted molar refractivity (Wildman–Crippen MR) is 73.8 cm³/mol. The van der Waals surface area contributed by atoms with Crippen LogP contribution < -0.4 is 16.4 Å². The van der Waals surface area contributed by atoms with Crippen molar-refractivity contribution in [2.75, 3.05) is 24.1 Å². The van der Waals surface area contributed by atoms with E-state index in [4.69, 9.17) is 5.73 Å². The molecule has 1 aliphatic heterocycles. The van der Waals surface area contributed by atoms with Gasteiger partial charge in [0.15, 0.2) is 0 Å². The number of urea groups is 1. The highest BCUT2D eigenvalue weighted by molar-refractivity contribution is 6.02. The van der Waals surface area contributed by atoms with Crippen molar-refractivity contribution in [3.05, 3.63) is 24.0 Å². The number of carbonyl (C=O) groups is 3. The Morgan fingerprint density at radius 2 is 2.19 bits per heavy atom. The zero-order chi connectivity index (χ0) is 15.4. The number of rotatable bonds is 5. The maximum atomic E-state index is 13.0. The monoisotopic (exact) mass is 294 g/mol. The fourth-order valence-corrected chi connectivity index (χ4v) is 1.92. The van der Waals surface area contributed by atoms with Crippen LogP contribution in [0.25, 0.3) is 0 Å². The summed E-state index contributed by atoms with van der Waals surface area (Å²) in [6.45, 7) is 0.184. The maximum Gasteiger partial charge on any atom is 0.324 e. The van der Waals surface area contributed by atoms with Crippen molar-refractivity contribution >= 4 is 29.2 Å². The molecule has 8 heteroatoms. The van der Waals surface area contributed by atoms with Crippen molar-refractivity contribution < 1.29 is 18.8 Å². The number of carbonyl (C=O) groups excluding carboxylic acids is 3. The Bertz CT molecular complexity index is 575. The maximum absolute atomic E-state index is 13.0. The number of halogens is 1. The van der Waals surface area contributed by atoms with E-state index in [2.05, 4.69) is 10.6 Å². The number of nitrogens with zero attached hydrogens (tertiary/aromatic N) is 1. The van der Waals surface area contributed by atoms with Crippen LogP contribution in [0.2, 0.25) is 0 Å². The number of hydrogen-bond acceptors (Lipinski definition) is 4. The van der Waals surface area contributed by atoms with E-state index in [1.165, 1.54) is 12.1 Å². The van der Waals surface area contributed by atoms with Crippen LogP contribution in [0.15, 0.2) is 18.2 Å². The van der Waals surface area contributed by atoms with E-state index >= 15 is 0 Å². The van der Waals surface area contributed by atoms with Crippen molar-refractivity contribution in [3.8, 4) is 0 Å². The highest BCUT2D eigenvalue weighted by Crippen LogP contribution is 2.16. The van der Waals surface area contributed by atoms with Gasteiger partial charge in [-0.2, -0.15) is 0 Å². The summed E-state index contributed by atoms with van der Waals surface area (Å²) in [6, 6.07) is 3.45. The lowest BCUT2D eigenvalue weighted by Gasteiger charge is -2.12. The average Bonchev–Trinajstić information content (AvgIpc) is 2.74.